The van der Waals surface area contributed by atoms with Crippen molar-refractivity contribution in [2.45, 2.75) is 6.54 Å². The second kappa shape index (κ2) is 8.17. The molecule has 148 valence electrons. The Labute approximate surface area is 174 Å². The molecule has 0 saturated heterocycles. The van der Waals surface area contributed by atoms with E-state index in [1.54, 1.807) is 24.3 Å². The van der Waals surface area contributed by atoms with Crippen molar-refractivity contribution in [3.63, 3.8) is 0 Å². The number of amides is 2. The summed E-state index contributed by atoms with van der Waals surface area (Å²) in [5.41, 5.74) is 4.58. The van der Waals surface area contributed by atoms with Crippen LogP contribution in [0.15, 0.2) is 72.8 Å². The molecule has 0 atom stereocenters. The fraction of sp³-hybridized carbons (Fsp3) is 0.0800. The third-order valence-electron chi connectivity index (χ3n) is 5.04. The highest BCUT2D eigenvalue weighted by Gasteiger charge is 2.34. The van der Waals surface area contributed by atoms with Crippen LogP contribution in [0.5, 0.6) is 0 Å². The maximum atomic E-state index is 12.5. The van der Waals surface area contributed by atoms with Crippen LogP contribution in [-0.2, 0) is 11.3 Å². The Morgan fingerprint density at radius 1 is 0.833 bits per heavy atom. The van der Waals surface area contributed by atoms with Gasteiger partial charge in [-0.25, -0.2) is 0 Å². The third-order valence-corrected chi connectivity index (χ3v) is 5.04. The molecule has 4 rings (SSSR count). The molecule has 1 aliphatic heterocycles. The smallest absolute Gasteiger partial charge is 0.261 e. The predicted octanol–water partition coefficient (Wildman–Crippen LogP) is 4.62. The lowest BCUT2D eigenvalue weighted by molar-refractivity contribution is 0.0642. The summed E-state index contributed by atoms with van der Waals surface area (Å²) >= 11 is 0. The Balaban J connectivity index is 1.42. The third kappa shape index (κ3) is 3.78. The first-order valence-corrected chi connectivity index (χ1v) is 9.52. The van der Waals surface area contributed by atoms with E-state index in [1.165, 1.54) is 12.0 Å². The van der Waals surface area contributed by atoms with Gasteiger partial charge < -0.3 is 4.74 Å². The number of nitrogens with zero attached hydrogens (tertiary/aromatic N) is 1. The Kier molecular flexibility index (Phi) is 5.26. The van der Waals surface area contributed by atoms with Gasteiger partial charge in [0.1, 0.15) is 0 Å². The molecule has 2 amide bonds. The first kappa shape index (κ1) is 19.3. The number of hydrogen-bond acceptors (Lipinski definition) is 4. The number of fused-ring (bicyclic) bond motifs is 1. The lowest BCUT2D eigenvalue weighted by Crippen LogP contribution is -2.29. The van der Waals surface area contributed by atoms with Crippen LogP contribution in [0.1, 0.15) is 43.0 Å². The Morgan fingerprint density at radius 3 is 1.83 bits per heavy atom. The van der Waals surface area contributed by atoms with Crippen LogP contribution < -0.4 is 0 Å². The van der Waals surface area contributed by atoms with Crippen molar-refractivity contribution >= 4 is 29.9 Å². The average Bonchev–Trinajstić information content (AvgIpc) is 3.03. The van der Waals surface area contributed by atoms with E-state index in [0.717, 1.165) is 22.3 Å². The van der Waals surface area contributed by atoms with Crippen molar-refractivity contribution in [2.24, 2.45) is 0 Å². The van der Waals surface area contributed by atoms with Crippen LogP contribution in [-0.4, -0.2) is 29.7 Å². The Bertz CT molecular complexity index is 1110. The van der Waals surface area contributed by atoms with E-state index in [4.69, 9.17) is 10.1 Å². The van der Waals surface area contributed by atoms with Crippen molar-refractivity contribution in [1.82, 2.24) is 4.90 Å². The highest BCUT2D eigenvalue weighted by atomic mass is 16.5. The molecular weight excluding hydrogens is 376 g/mol. The van der Waals surface area contributed by atoms with E-state index < -0.39 is 0 Å². The largest absolute Gasteiger partial charge is 0.481 e. The predicted molar refractivity (Wildman–Crippen MR) is 116 cm³/mol. The molecule has 0 saturated carbocycles. The molecular formula is C25H20N2O3. The quantitative estimate of drug-likeness (QED) is 0.296. The van der Waals surface area contributed by atoms with Gasteiger partial charge in [-0.05, 0) is 41.0 Å². The number of nitrogens with one attached hydrogen (secondary N) is 1. The number of imide groups is 1. The van der Waals surface area contributed by atoms with E-state index in [1.807, 2.05) is 60.7 Å². The minimum Gasteiger partial charge on any atom is -0.481 e. The normalized spacial score (nSPS) is 13.0. The molecule has 0 radical (unpaired) electrons. The summed E-state index contributed by atoms with van der Waals surface area (Å²) in [5.74, 6) is -0.353. The van der Waals surface area contributed by atoms with Crippen LogP contribution in [0.4, 0.5) is 0 Å². The summed E-state index contributed by atoms with van der Waals surface area (Å²) in [7, 11) is 1.48. The fourth-order valence-electron chi connectivity index (χ4n) is 3.36. The standard InChI is InChI=1S/C25H20N2O3/c1-30-23(26)20-14-12-18(13-15-20)7-6-17-8-10-19(11-9-17)16-27-24(28)21-4-2-3-5-22(21)25(27)29/h2-15,26H,16H2,1H3. The molecule has 3 aromatic carbocycles. The highest BCUT2D eigenvalue weighted by Crippen LogP contribution is 2.24. The summed E-state index contributed by atoms with van der Waals surface area (Å²) in [4.78, 5) is 26.3. The van der Waals surface area contributed by atoms with Gasteiger partial charge in [0.2, 0.25) is 5.90 Å². The van der Waals surface area contributed by atoms with Gasteiger partial charge >= 0.3 is 0 Å². The van der Waals surface area contributed by atoms with Crippen LogP contribution in [0, 0.1) is 5.41 Å². The van der Waals surface area contributed by atoms with Gasteiger partial charge in [-0.1, -0.05) is 60.7 Å². The molecule has 3 aromatic rings. The van der Waals surface area contributed by atoms with Crippen molar-refractivity contribution in [1.29, 1.82) is 5.41 Å². The SMILES string of the molecule is COC(=N)c1ccc(C=Cc2ccc(CN3C(=O)c4ccccc4C3=O)cc2)cc1. The van der Waals surface area contributed by atoms with Crippen molar-refractivity contribution in [2.75, 3.05) is 7.11 Å². The summed E-state index contributed by atoms with van der Waals surface area (Å²) in [6.07, 6.45) is 3.97. The number of methoxy groups -OCH3 is 1. The molecule has 5 nitrogen and oxygen atoms in total. The molecule has 0 aromatic heterocycles. The Morgan fingerprint density at radius 2 is 1.33 bits per heavy atom. The summed E-state index contributed by atoms with van der Waals surface area (Å²) in [6, 6.07) is 22.2. The molecule has 1 N–H and O–H groups in total. The molecule has 30 heavy (non-hydrogen) atoms. The molecule has 0 fully saturated rings. The number of rotatable bonds is 5. The number of carbonyl (C=O) groups excluding carboxylic acids is 2. The minimum atomic E-state index is -0.246. The fourth-order valence-corrected chi connectivity index (χ4v) is 3.36. The van der Waals surface area contributed by atoms with Crippen LogP contribution in [0.25, 0.3) is 12.2 Å². The number of ether oxygens (including phenoxy) is 1. The van der Waals surface area contributed by atoms with E-state index in [9.17, 15) is 9.59 Å². The highest BCUT2D eigenvalue weighted by molar-refractivity contribution is 6.21. The summed E-state index contributed by atoms with van der Waals surface area (Å²) in [5, 5.41) is 7.66. The van der Waals surface area contributed by atoms with E-state index >= 15 is 0 Å². The molecule has 0 spiro atoms. The molecule has 1 heterocycles. The molecule has 1 aliphatic rings. The Hall–Kier alpha value is -3.99. The molecule has 0 unspecified atom stereocenters. The number of benzene rings is 3. The minimum absolute atomic E-state index is 0.138. The van der Waals surface area contributed by atoms with Gasteiger partial charge in [0.25, 0.3) is 11.8 Å². The van der Waals surface area contributed by atoms with E-state index in [-0.39, 0.29) is 24.3 Å². The van der Waals surface area contributed by atoms with Gasteiger partial charge in [-0.15, -0.1) is 0 Å². The number of hydrogen-bond donors (Lipinski definition) is 1. The molecule has 0 aliphatic carbocycles. The number of carbonyl (C=O) groups is 2. The summed E-state index contributed by atoms with van der Waals surface area (Å²) in [6.45, 7) is 0.253. The lowest BCUT2D eigenvalue weighted by atomic mass is 10.1. The summed E-state index contributed by atoms with van der Waals surface area (Å²) < 4.78 is 4.92. The lowest BCUT2D eigenvalue weighted by Gasteiger charge is -2.13. The van der Waals surface area contributed by atoms with Crippen molar-refractivity contribution in [3.8, 4) is 0 Å². The second-order valence-electron chi connectivity index (χ2n) is 6.97. The second-order valence-corrected chi connectivity index (χ2v) is 6.97. The van der Waals surface area contributed by atoms with Crippen LogP contribution in [0.2, 0.25) is 0 Å². The molecule has 0 bridgehead atoms. The average molecular weight is 396 g/mol. The van der Waals surface area contributed by atoms with Gasteiger partial charge in [0, 0.05) is 5.56 Å². The van der Waals surface area contributed by atoms with E-state index in [0.29, 0.717) is 11.1 Å². The van der Waals surface area contributed by atoms with Gasteiger partial charge in [-0.2, -0.15) is 0 Å². The monoisotopic (exact) mass is 396 g/mol. The van der Waals surface area contributed by atoms with Crippen LogP contribution in [0.3, 0.4) is 0 Å². The van der Waals surface area contributed by atoms with Gasteiger partial charge in [0.05, 0.1) is 24.8 Å². The topological polar surface area (TPSA) is 70.5 Å². The zero-order chi connectivity index (χ0) is 21.1. The van der Waals surface area contributed by atoms with E-state index in [2.05, 4.69) is 0 Å². The zero-order valence-corrected chi connectivity index (χ0v) is 16.5. The van der Waals surface area contributed by atoms with Gasteiger partial charge in [-0.3, -0.25) is 19.9 Å². The van der Waals surface area contributed by atoms with Crippen LogP contribution >= 0.6 is 0 Å². The maximum Gasteiger partial charge on any atom is 0.261 e. The maximum absolute atomic E-state index is 12.5. The van der Waals surface area contributed by atoms with Gasteiger partial charge in [0.15, 0.2) is 0 Å². The zero-order valence-electron chi connectivity index (χ0n) is 16.5. The van der Waals surface area contributed by atoms with Crippen molar-refractivity contribution in [3.05, 3.63) is 106 Å². The van der Waals surface area contributed by atoms with Crippen molar-refractivity contribution < 1.29 is 14.3 Å². The molecule has 5 heteroatoms. The first-order valence-electron chi connectivity index (χ1n) is 9.52. The first-order chi connectivity index (χ1) is 14.6.